The Hall–Kier alpha value is -2.01. The first-order chi connectivity index (χ1) is 11.0. The van der Waals surface area contributed by atoms with Gasteiger partial charge in [0, 0.05) is 10.4 Å². The molecule has 1 N–H and O–H groups in total. The van der Waals surface area contributed by atoms with E-state index in [1.807, 2.05) is 6.07 Å². The van der Waals surface area contributed by atoms with E-state index in [2.05, 4.69) is 17.5 Å². The zero-order valence-electron chi connectivity index (χ0n) is 13.2. The van der Waals surface area contributed by atoms with Crippen molar-refractivity contribution in [2.24, 2.45) is 11.0 Å². The first kappa shape index (κ1) is 15.9. The predicted octanol–water partition coefficient (Wildman–Crippen LogP) is 4.17. The maximum Gasteiger partial charge on any atom is 0.281 e. The number of halogens is 1. The normalized spacial score (nSPS) is 17.7. The Balaban J connectivity index is 1.72. The van der Waals surface area contributed by atoms with E-state index in [0.29, 0.717) is 22.1 Å². The molecule has 0 unspecified atom stereocenters. The first-order valence-corrected chi connectivity index (χ1v) is 8.57. The fourth-order valence-corrected chi connectivity index (χ4v) is 3.92. The Morgan fingerprint density at radius 1 is 1.39 bits per heavy atom. The van der Waals surface area contributed by atoms with Crippen LogP contribution in [0.3, 0.4) is 0 Å². The highest BCUT2D eigenvalue weighted by Crippen LogP contribution is 2.32. The Kier molecular flexibility index (Phi) is 4.57. The summed E-state index contributed by atoms with van der Waals surface area (Å²) in [6.07, 6.45) is 3.27. The van der Waals surface area contributed by atoms with Crippen LogP contribution < -0.4 is 5.43 Å². The van der Waals surface area contributed by atoms with Crippen molar-refractivity contribution in [1.82, 2.24) is 5.43 Å². The summed E-state index contributed by atoms with van der Waals surface area (Å²) in [6, 6.07) is 8.37. The highest BCUT2D eigenvalue weighted by molar-refractivity contribution is 7.14. The zero-order chi connectivity index (χ0) is 16.4. The highest BCUT2D eigenvalue weighted by Gasteiger charge is 2.20. The molecule has 3 rings (SSSR count). The molecule has 3 nitrogen and oxygen atoms in total. The van der Waals surface area contributed by atoms with Crippen LogP contribution in [0.15, 0.2) is 35.4 Å². The van der Waals surface area contributed by atoms with Gasteiger partial charge in [-0.1, -0.05) is 25.1 Å². The lowest BCUT2D eigenvalue weighted by Crippen LogP contribution is -2.18. The molecule has 0 radical (unpaired) electrons. The second-order valence-corrected chi connectivity index (χ2v) is 7.16. The van der Waals surface area contributed by atoms with Crippen LogP contribution in [0.2, 0.25) is 0 Å². The fraction of sp³-hybridized carbons (Fsp3) is 0.333. The zero-order valence-corrected chi connectivity index (χ0v) is 14.0. The van der Waals surface area contributed by atoms with Crippen LogP contribution in [0.1, 0.15) is 45.9 Å². The van der Waals surface area contributed by atoms with E-state index in [1.54, 1.807) is 36.5 Å². The molecule has 0 spiro atoms. The fourth-order valence-electron chi connectivity index (χ4n) is 2.82. The van der Waals surface area contributed by atoms with Crippen molar-refractivity contribution in [1.29, 1.82) is 0 Å². The van der Waals surface area contributed by atoms with Crippen molar-refractivity contribution < 1.29 is 9.18 Å². The van der Waals surface area contributed by atoms with Gasteiger partial charge in [-0.05, 0) is 49.8 Å². The molecule has 1 aromatic carbocycles. The van der Waals surface area contributed by atoms with Crippen molar-refractivity contribution in [2.75, 3.05) is 0 Å². The first-order valence-electron chi connectivity index (χ1n) is 7.75. The number of fused-ring (bicyclic) bond motifs is 1. The van der Waals surface area contributed by atoms with Gasteiger partial charge in [-0.15, -0.1) is 11.3 Å². The van der Waals surface area contributed by atoms with E-state index in [-0.39, 0.29) is 11.7 Å². The molecule has 1 aliphatic carbocycles. The number of thiophene rings is 1. The van der Waals surface area contributed by atoms with E-state index in [1.165, 1.54) is 22.9 Å². The van der Waals surface area contributed by atoms with Gasteiger partial charge in [-0.2, -0.15) is 5.10 Å². The van der Waals surface area contributed by atoms with Gasteiger partial charge in [0.25, 0.3) is 5.91 Å². The van der Waals surface area contributed by atoms with Crippen LogP contribution in [-0.2, 0) is 12.8 Å². The van der Waals surface area contributed by atoms with E-state index in [4.69, 9.17) is 0 Å². The lowest BCUT2D eigenvalue weighted by Gasteiger charge is -2.16. The van der Waals surface area contributed by atoms with Crippen LogP contribution in [0.25, 0.3) is 0 Å². The van der Waals surface area contributed by atoms with Crippen LogP contribution in [0.5, 0.6) is 0 Å². The molecule has 1 heterocycles. The molecule has 1 aromatic heterocycles. The second kappa shape index (κ2) is 6.62. The van der Waals surface area contributed by atoms with E-state index in [9.17, 15) is 9.18 Å². The summed E-state index contributed by atoms with van der Waals surface area (Å²) in [5.41, 5.74) is 4.67. The smallest absolute Gasteiger partial charge is 0.266 e. The molecule has 1 atom stereocenters. The minimum atomic E-state index is -0.344. The Morgan fingerprint density at radius 2 is 2.17 bits per heavy atom. The minimum Gasteiger partial charge on any atom is -0.266 e. The van der Waals surface area contributed by atoms with Gasteiger partial charge in [-0.3, -0.25) is 4.79 Å². The molecular weight excluding hydrogens is 311 g/mol. The average molecular weight is 330 g/mol. The van der Waals surface area contributed by atoms with Gasteiger partial charge >= 0.3 is 0 Å². The number of rotatable bonds is 3. The van der Waals surface area contributed by atoms with Crippen molar-refractivity contribution in [3.63, 3.8) is 0 Å². The van der Waals surface area contributed by atoms with Gasteiger partial charge in [0.15, 0.2) is 0 Å². The molecule has 2 aromatic rings. The van der Waals surface area contributed by atoms with E-state index >= 15 is 0 Å². The van der Waals surface area contributed by atoms with E-state index in [0.717, 1.165) is 12.8 Å². The van der Waals surface area contributed by atoms with Crippen LogP contribution in [-0.4, -0.2) is 11.6 Å². The van der Waals surface area contributed by atoms with Crippen molar-refractivity contribution in [3.05, 3.63) is 57.0 Å². The minimum absolute atomic E-state index is 0.229. The van der Waals surface area contributed by atoms with Crippen LogP contribution in [0, 0.1) is 11.7 Å². The molecule has 120 valence electrons. The maximum absolute atomic E-state index is 13.7. The molecule has 23 heavy (non-hydrogen) atoms. The number of carbonyl (C=O) groups excluding carboxylic acids is 1. The number of aryl methyl sites for hydroxylation is 1. The largest absolute Gasteiger partial charge is 0.281 e. The molecular formula is C18H19FN2OS. The summed E-state index contributed by atoms with van der Waals surface area (Å²) in [5, 5.41) is 4.04. The summed E-state index contributed by atoms with van der Waals surface area (Å²) in [5.74, 6) is 0.102. The summed E-state index contributed by atoms with van der Waals surface area (Å²) in [7, 11) is 0. The molecule has 0 aliphatic heterocycles. The maximum atomic E-state index is 13.7. The lowest BCUT2D eigenvalue weighted by atomic mass is 9.90. The van der Waals surface area contributed by atoms with Crippen molar-refractivity contribution in [2.45, 2.75) is 33.1 Å². The van der Waals surface area contributed by atoms with E-state index < -0.39 is 0 Å². The monoisotopic (exact) mass is 330 g/mol. The molecule has 0 saturated heterocycles. The predicted molar refractivity (Wildman–Crippen MR) is 91.6 cm³/mol. The number of nitrogens with one attached hydrogen (secondary N) is 1. The summed E-state index contributed by atoms with van der Waals surface area (Å²) in [6.45, 7) is 3.92. The Morgan fingerprint density at radius 3 is 2.96 bits per heavy atom. The number of benzene rings is 1. The third-order valence-electron chi connectivity index (χ3n) is 4.14. The SMILES string of the molecule is C/C(=N/NC(=O)c1cc2c(s1)CC[C@@H](C)C2)c1ccccc1F. The Bertz CT molecular complexity index is 766. The van der Waals surface area contributed by atoms with Gasteiger partial charge in [0.1, 0.15) is 5.82 Å². The Labute approximate surface area is 139 Å². The van der Waals surface area contributed by atoms with Crippen LogP contribution >= 0.6 is 11.3 Å². The number of hydrogen-bond acceptors (Lipinski definition) is 3. The standard InChI is InChI=1S/C18H19FN2OS/c1-11-7-8-16-13(9-11)10-17(23-16)18(22)21-20-12(2)14-5-3-4-6-15(14)19/h3-6,10-11H,7-9H2,1-2H3,(H,21,22)/b20-12-/t11-/m1/s1. The number of amides is 1. The number of hydrogen-bond donors (Lipinski definition) is 1. The van der Waals surface area contributed by atoms with Gasteiger partial charge in [-0.25, -0.2) is 9.82 Å². The number of hydrazone groups is 1. The van der Waals surface area contributed by atoms with Gasteiger partial charge < -0.3 is 0 Å². The molecule has 1 aliphatic rings. The van der Waals surface area contributed by atoms with Crippen molar-refractivity contribution >= 4 is 23.0 Å². The van der Waals surface area contributed by atoms with Gasteiger partial charge in [0.05, 0.1) is 10.6 Å². The topological polar surface area (TPSA) is 41.5 Å². The number of carbonyl (C=O) groups is 1. The van der Waals surface area contributed by atoms with Crippen LogP contribution in [0.4, 0.5) is 4.39 Å². The third kappa shape index (κ3) is 3.50. The molecule has 0 saturated carbocycles. The average Bonchev–Trinajstić information content (AvgIpc) is 2.95. The lowest BCUT2D eigenvalue weighted by molar-refractivity contribution is 0.0959. The van der Waals surface area contributed by atoms with Crippen molar-refractivity contribution in [3.8, 4) is 0 Å². The number of nitrogens with zero attached hydrogens (tertiary/aromatic N) is 1. The summed E-state index contributed by atoms with van der Waals surface area (Å²) < 4.78 is 13.7. The summed E-state index contributed by atoms with van der Waals surface area (Å²) >= 11 is 1.54. The van der Waals surface area contributed by atoms with Gasteiger partial charge in [0.2, 0.25) is 0 Å². The molecule has 0 fully saturated rings. The summed E-state index contributed by atoms with van der Waals surface area (Å²) in [4.78, 5) is 14.2. The molecule has 1 amide bonds. The second-order valence-electron chi connectivity index (χ2n) is 6.03. The third-order valence-corrected chi connectivity index (χ3v) is 5.38. The molecule has 0 bridgehead atoms. The highest BCUT2D eigenvalue weighted by atomic mass is 32.1. The molecule has 5 heteroatoms. The quantitative estimate of drug-likeness (QED) is 0.666.